The minimum atomic E-state index is 0.00735. The summed E-state index contributed by atoms with van der Waals surface area (Å²) in [5.41, 5.74) is 0.254. The molecule has 3 nitrogen and oxygen atoms in total. The lowest BCUT2D eigenvalue weighted by Gasteiger charge is -2.48. The summed E-state index contributed by atoms with van der Waals surface area (Å²) in [6.07, 6.45) is 10.6. The van der Waals surface area contributed by atoms with Crippen LogP contribution in [0.5, 0.6) is 0 Å². The smallest absolute Gasteiger partial charge is 0.275 e. The molecule has 3 heteroatoms. The zero-order valence-corrected chi connectivity index (χ0v) is 14.1. The standard InChI is InChI=1S/C18H32N2O/c1-17(2)13-9-10-14(11-13)18(17,3)20-16(21)12-19-15-7-5-4-6-8-15/h13-15,19H,4-12H2,1-3H3,(H,20,21)/p+1/t13-,14-,18+/m0/s1. The van der Waals surface area contributed by atoms with Crippen LogP contribution in [-0.4, -0.2) is 24.0 Å². The molecular weight excluding hydrogens is 260 g/mol. The highest BCUT2D eigenvalue weighted by Crippen LogP contribution is 2.61. The largest absolute Gasteiger partial charge is 0.345 e. The fourth-order valence-electron chi connectivity index (χ4n) is 5.36. The summed E-state index contributed by atoms with van der Waals surface area (Å²) in [6, 6.07) is 0.686. The van der Waals surface area contributed by atoms with Crippen LogP contribution in [0.1, 0.15) is 72.1 Å². The summed E-state index contributed by atoms with van der Waals surface area (Å²) >= 11 is 0. The van der Waals surface area contributed by atoms with Crippen molar-refractivity contribution in [1.82, 2.24) is 5.32 Å². The van der Waals surface area contributed by atoms with Crippen LogP contribution < -0.4 is 10.6 Å². The van der Waals surface area contributed by atoms with E-state index in [1.165, 1.54) is 51.4 Å². The third-order valence-electron chi connectivity index (χ3n) is 7.29. The van der Waals surface area contributed by atoms with Crippen molar-refractivity contribution < 1.29 is 10.1 Å². The highest BCUT2D eigenvalue weighted by Gasteiger charge is 2.60. The molecule has 3 saturated carbocycles. The van der Waals surface area contributed by atoms with Crippen molar-refractivity contribution in [3.63, 3.8) is 0 Å². The molecule has 120 valence electrons. The fourth-order valence-corrected chi connectivity index (χ4v) is 5.36. The van der Waals surface area contributed by atoms with Crippen LogP contribution in [0.2, 0.25) is 0 Å². The normalized spacial score (nSPS) is 38.6. The van der Waals surface area contributed by atoms with E-state index in [4.69, 9.17) is 0 Å². The SMILES string of the molecule is CC1(C)[C@H]2CC[C@@H](C2)[C@@]1(C)NC(=O)C[NH2+]C1CCCCC1. The molecule has 3 rings (SSSR count). The monoisotopic (exact) mass is 293 g/mol. The van der Waals surface area contributed by atoms with Crippen molar-refractivity contribution >= 4 is 5.91 Å². The first-order chi connectivity index (χ1) is 9.93. The van der Waals surface area contributed by atoms with Gasteiger partial charge >= 0.3 is 0 Å². The molecule has 0 heterocycles. The van der Waals surface area contributed by atoms with Gasteiger partial charge in [0.2, 0.25) is 0 Å². The Labute approximate surface area is 129 Å². The second-order valence-electron chi connectivity index (χ2n) is 8.52. The number of nitrogens with two attached hydrogens (primary N) is 1. The summed E-state index contributed by atoms with van der Waals surface area (Å²) in [5, 5.41) is 5.74. The van der Waals surface area contributed by atoms with Crippen LogP contribution in [0.4, 0.5) is 0 Å². The Morgan fingerprint density at radius 1 is 1.05 bits per heavy atom. The van der Waals surface area contributed by atoms with Gasteiger partial charge in [0.25, 0.3) is 5.91 Å². The van der Waals surface area contributed by atoms with Crippen LogP contribution in [0.3, 0.4) is 0 Å². The van der Waals surface area contributed by atoms with Gasteiger partial charge in [-0.3, -0.25) is 4.79 Å². The van der Waals surface area contributed by atoms with Gasteiger partial charge < -0.3 is 10.6 Å². The fraction of sp³-hybridized carbons (Fsp3) is 0.944. The maximum absolute atomic E-state index is 12.5. The summed E-state index contributed by atoms with van der Waals surface area (Å²) < 4.78 is 0. The number of quaternary nitrogens is 1. The van der Waals surface area contributed by atoms with Crippen molar-refractivity contribution in [2.75, 3.05) is 6.54 Å². The second-order valence-corrected chi connectivity index (χ2v) is 8.52. The van der Waals surface area contributed by atoms with Crippen LogP contribution >= 0.6 is 0 Å². The van der Waals surface area contributed by atoms with Crippen LogP contribution in [-0.2, 0) is 4.79 Å². The zero-order chi connectivity index (χ0) is 15.1. The van der Waals surface area contributed by atoms with Gasteiger partial charge in [-0.05, 0) is 69.1 Å². The van der Waals surface area contributed by atoms with E-state index in [-0.39, 0.29) is 16.9 Å². The quantitative estimate of drug-likeness (QED) is 0.820. The highest BCUT2D eigenvalue weighted by molar-refractivity contribution is 5.77. The van der Waals surface area contributed by atoms with Gasteiger partial charge in [-0.25, -0.2) is 0 Å². The Balaban J connectivity index is 1.54. The van der Waals surface area contributed by atoms with Gasteiger partial charge in [-0.1, -0.05) is 20.3 Å². The van der Waals surface area contributed by atoms with Gasteiger partial charge in [0, 0.05) is 5.54 Å². The molecule has 3 atom stereocenters. The maximum atomic E-state index is 12.5. The molecule has 0 aromatic heterocycles. The first kappa shape index (κ1) is 15.3. The van der Waals surface area contributed by atoms with E-state index in [9.17, 15) is 4.79 Å². The first-order valence-corrected chi connectivity index (χ1v) is 9.08. The third-order valence-corrected chi connectivity index (χ3v) is 7.29. The molecule has 0 unspecified atom stereocenters. The van der Waals surface area contributed by atoms with Crippen molar-refractivity contribution in [2.45, 2.75) is 83.7 Å². The number of hydrogen-bond acceptors (Lipinski definition) is 1. The number of nitrogens with one attached hydrogen (secondary N) is 1. The molecule has 0 saturated heterocycles. The van der Waals surface area contributed by atoms with Gasteiger partial charge in [0.05, 0.1) is 6.04 Å². The first-order valence-electron chi connectivity index (χ1n) is 9.08. The average molecular weight is 293 g/mol. The van der Waals surface area contributed by atoms with Gasteiger partial charge in [0.1, 0.15) is 0 Å². The van der Waals surface area contributed by atoms with E-state index < -0.39 is 0 Å². The van der Waals surface area contributed by atoms with Gasteiger partial charge in [0.15, 0.2) is 6.54 Å². The molecule has 0 radical (unpaired) electrons. The summed E-state index contributed by atoms with van der Waals surface area (Å²) in [5.74, 6) is 1.75. The van der Waals surface area contributed by atoms with E-state index in [1.54, 1.807) is 0 Å². The Kier molecular flexibility index (Phi) is 4.06. The van der Waals surface area contributed by atoms with Gasteiger partial charge in [-0.15, -0.1) is 0 Å². The number of hydrogen-bond donors (Lipinski definition) is 2. The summed E-state index contributed by atoms with van der Waals surface area (Å²) in [7, 11) is 0. The molecule has 1 amide bonds. The maximum Gasteiger partial charge on any atom is 0.275 e. The van der Waals surface area contributed by atoms with E-state index in [1.807, 2.05) is 0 Å². The Bertz CT molecular complexity index is 400. The Hall–Kier alpha value is -0.570. The van der Waals surface area contributed by atoms with Crippen molar-refractivity contribution in [3.05, 3.63) is 0 Å². The molecule has 0 aliphatic heterocycles. The Morgan fingerprint density at radius 3 is 2.33 bits per heavy atom. The summed E-state index contributed by atoms with van der Waals surface area (Å²) in [4.78, 5) is 12.5. The lowest BCUT2D eigenvalue weighted by atomic mass is 9.64. The summed E-state index contributed by atoms with van der Waals surface area (Å²) in [6.45, 7) is 7.65. The van der Waals surface area contributed by atoms with Crippen molar-refractivity contribution in [1.29, 1.82) is 0 Å². The minimum absolute atomic E-state index is 0.00735. The molecule has 21 heavy (non-hydrogen) atoms. The predicted octanol–water partition coefficient (Wildman–Crippen LogP) is 2.21. The number of fused-ring (bicyclic) bond motifs is 2. The lowest BCUT2D eigenvalue weighted by Crippen LogP contribution is -2.92. The number of carbonyl (C=O) groups excluding carboxylic acids is 1. The second kappa shape index (κ2) is 5.57. The van der Waals surface area contributed by atoms with E-state index in [2.05, 4.69) is 31.4 Å². The molecule has 3 fully saturated rings. The number of amides is 1. The van der Waals surface area contributed by atoms with E-state index in [0.29, 0.717) is 18.5 Å². The van der Waals surface area contributed by atoms with E-state index >= 15 is 0 Å². The minimum Gasteiger partial charge on any atom is -0.345 e. The molecule has 0 aromatic rings. The van der Waals surface area contributed by atoms with Crippen LogP contribution in [0.15, 0.2) is 0 Å². The number of carbonyl (C=O) groups is 1. The van der Waals surface area contributed by atoms with Gasteiger partial charge in [-0.2, -0.15) is 0 Å². The molecule has 2 bridgehead atoms. The zero-order valence-electron chi connectivity index (χ0n) is 14.1. The highest BCUT2D eigenvalue weighted by atomic mass is 16.2. The molecule has 3 N–H and O–H groups in total. The average Bonchev–Trinajstić information content (AvgIpc) is 3.01. The molecule has 3 aliphatic carbocycles. The van der Waals surface area contributed by atoms with Crippen LogP contribution in [0, 0.1) is 17.3 Å². The Morgan fingerprint density at radius 2 is 1.71 bits per heavy atom. The van der Waals surface area contributed by atoms with Crippen molar-refractivity contribution in [2.24, 2.45) is 17.3 Å². The molecule has 0 spiro atoms. The molecule has 0 aromatic carbocycles. The van der Waals surface area contributed by atoms with Crippen molar-refractivity contribution in [3.8, 4) is 0 Å². The predicted molar refractivity (Wildman–Crippen MR) is 84.8 cm³/mol. The van der Waals surface area contributed by atoms with Crippen LogP contribution in [0.25, 0.3) is 0 Å². The number of rotatable bonds is 4. The third kappa shape index (κ3) is 2.62. The topological polar surface area (TPSA) is 45.7 Å². The molecule has 3 aliphatic rings. The lowest BCUT2D eigenvalue weighted by molar-refractivity contribution is -0.681. The van der Waals surface area contributed by atoms with E-state index in [0.717, 1.165) is 5.92 Å². The molecular formula is C18H33N2O+.